The third kappa shape index (κ3) is 3.28. The van der Waals surface area contributed by atoms with Gasteiger partial charge in [-0.05, 0) is 12.1 Å². The molecule has 5 heteroatoms. The lowest BCUT2D eigenvalue weighted by atomic mass is 10.2. The summed E-state index contributed by atoms with van der Waals surface area (Å²) in [6, 6.07) is 7.72. The molecule has 17 heavy (non-hydrogen) atoms. The van der Waals surface area contributed by atoms with Crippen LogP contribution in [0.15, 0.2) is 29.1 Å². The minimum Gasteiger partial charge on any atom is -0.309 e. The van der Waals surface area contributed by atoms with Crippen LogP contribution < -0.4 is 10.9 Å². The molecule has 2 N–H and O–H groups in total. The van der Waals surface area contributed by atoms with Crippen molar-refractivity contribution in [2.45, 2.75) is 26.4 Å². The van der Waals surface area contributed by atoms with E-state index in [1.54, 1.807) is 6.07 Å². The Labute approximate surface area is 106 Å². The van der Waals surface area contributed by atoms with Crippen LogP contribution in [0, 0.1) is 0 Å². The van der Waals surface area contributed by atoms with E-state index in [1.165, 1.54) is 0 Å². The van der Waals surface area contributed by atoms with Crippen LogP contribution in [-0.4, -0.2) is 16.0 Å². The Morgan fingerprint density at radius 3 is 2.76 bits per heavy atom. The summed E-state index contributed by atoms with van der Waals surface area (Å²) in [5.41, 5.74) is 0.665. The highest BCUT2D eigenvalue weighted by Crippen LogP contribution is 2.05. The topological polar surface area (TPSA) is 57.8 Å². The van der Waals surface area contributed by atoms with E-state index in [-0.39, 0.29) is 18.0 Å². The summed E-state index contributed by atoms with van der Waals surface area (Å²) >= 11 is 0. The number of benzene rings is 1. The zero-order valence-corrected chi connectivity index (χ0v) is 10.7. The lowest BCUT2D eigenvalue weighted by molar-refractivity contribution is 0.572. The number of aromatic amines is 1. The van der Waals surface area contributed by atoms with E-state index in [1.807, 2.05) is 18.2 Å². The maximum Gasteiger partial charge on any atom is 0.258 e. The minimum absolute atomic E-state index is 0. The fourth-order valence-electron chi connectivity index (χ4n) is 1.52. The van der Waals surface area contributed by atoms with Gasteiger partial charge in [0.25, 0.3) is 5.56 Å². The molecule has 0 unspecified atom stereocenters. The second-order valence-corrected chi connectivity index (χ2v) is 4.07. The normalized spacial score (nSPS) is 10.5. The SMILES string of the molecule is CC(C)NCc1nc2ccccc2c(=O)[nH]1.Cl. The van der Waals surface area contributed by atoms with Gasteiger partial charge in [0, 0.05) is 6.04 Å². The van der Waals surface area contributed by atoms with Gasteiger partial charge in [0.1, 0.15) is 5.82 Å². The molecular formula is C12H16ClN3O. The van der Waals surface area contributed by atoms with E-state index in [2.05, 4.69) is 29.1 Å². The van der Waals surface area contributed by atoms with Crippen molar-refractivity contribution in [1.82, 2.24) is 15.3 Å². The van der Waals surface area contributed by atoms with Gasteiger partial charge in [0.05, 0.1) is 17.4 Å². The first-order valence-corrected chi connectivity index (χ1v) is 5.38. The van der Waals surface area contributed by atoms with Crippen molar-refractivity contribution in [3.63, 3.8) is 0 Å². The van der Waals surface area contributed by atoms with E-state index in [0.29, 0.717) is 23.8 Å². The lowest BCUT2D eigenvalue weighted by Gasteiger charge is -2.07. The highest BCUT2D eigenvalue weighted by Gasteiger charge is 2.02. The van der Waals surface area contributed by atoms with Gasteiger partial charge in [-0.1, -0.05) is 26.0 Å². The predicted octanol–water partition coefficient (Wildman–Crippen LogP) is 1.84. The minimum atomic E-state index is -0.0776. The molecule has 0 spiro atoms. The van der Waals surface area contributed by atoms with Gasteiger partial charge in [0.2, 0.25) is 0 Å². The molecular weight excluding hydrogens is 238 g/mol. The molecule has 0 saturated carbocycles. The molecule has 2 rings (SSSR count). The Morgan fingerprint density at radius 1 is 1.35 bits per heavy atom. The van der Waals surface area contributed by atoms with Gasteiger partial charge in [-0.2, -0.15) is 0 Å². The van der Waals surface area contributed by atoms with Crippen LogP contribution in [0.5, 0.6) is 0 Å². The van der Waals surface area contributed by atoms with Crippen LogP contribution in [0.1, 0.15) is 19.7 Å². The Morgan fingerprint density at radius 2 is 2.06 bits per heavy atom. The first-order valence-electron chi connectivity index (χ1n) is 5.38. The zero-order chi connectivity index (χ0) is 11.5. The van der Waals surface area contributed by atoms with Crippen molar-refractivity contribution < 1.29 is 0 Å². The maximum absolute atomic E-state index is 11.7. The average molecular weight is 254 g/mol. The highest BCUT2D eigenvalue weighted by molar-refractivity contribution is 5.85. The van der Waals surface area contributed by atoms with Crippen LogP contribution in [0.3, 0.4) is 0 Å². The van der Waals surface area contributed by atoms with Crippen LogP contribution in [-0.2, 0) is 6.54 Å². The van der Waals surface area contributed by atoms with Crippen molar-refractivity contribution in [2.24, 2.45) is 0 Å². The van der Waals surface area contributed by atoms with E-state index >= 15 is 0 Å². The van der Waals surface area contributed by atoms with E-state index in [0.717, 1.165) is 5.52 Å². The molecule has 0 aliphatic heterocycles. The number of nitrogens with zero attached hydrogens (tertiary/aromatic N) is 1. The van der Waals surface area contributed by atoms with Crippen molar-refractivity contribution in [1.29, 1.82) is 0 Å². The van der Waals surface area contributed by atoms with E-state index in [9.17, 15) is 4.79 Å². The molecule has 0 aliphatic rings. The Hall–Kier alpha value is -1.39. The number of para-hydroxylation sites is 1. The molecule has 1 aromatic heterocycles. The number of H-pyrrole nitrogens is 1. The summed E-state index contributed by atoms with van der Waals surface area (Å²) in [6.07, 6.45) is 0. The second kappa shape index (κ2) is 5.80. The molecule has 4 nitrogen and oxygen atoms in total. The third-order valence-corrected chi connectivity index (χ3v) is 2.34. The van der Waals surface area contributed by atoms with Crippen LogP contribution >= 0.6 is 12.4 Å². The molecule has 0 radical (unpaired) electrons. The van der Waals surface area contributed by atoms with Gasteiger partial charge in [-0.3, -0.25) is 4.79 Å². The van der Waals surface area contributed by atoms with Crippen molar-refractivity contribution in [3.8, 4) is 0 Å². The molecule has 0 amide bonds. The monoisotopic (exact) mass is 253 g/mol. The number of halogens is 1. The fraction of sp³-hybridized carbons (Fsp3) is 0.333. The Bertz CT molecular complexity index is 551. The maximum atomic E-state index is 11.7. The van der Waals surface area contributed by atoms with Gasteiger partial charge in [-0.25, -0.2) is 4.98 Å². The number of rotatable bonds is 3. The van der Waals surface area contributed by atoms with E-state index < -0.39 is 0 Å². The zero-order valence-electron chi connectivity index (χ0n) is 9.86. The lowest BCUT2D eigenvalue weighted by Crippen LogP contribution is -2.25. The molecule has 0 aliphatic carbocycles. The summed E-state index contributed by atoms with van der Waals surface area (Å²) in [4.78, 5) is 18.9. The standard InChI is InChI=1S/C12H15N3O.ClH/c1-8(2)13-7-11-14-10-6-4-3-5-9(10)12(16)15-11;/h3-6,8,13H,7H2,1-2H3,(H,14,15,16);1H. The van der Waals surface area contributed by atoms with Crippen molar-refractivity contribution in [2.75, 3.05) is 0 Å². The van der Waals surface area contributed by atoms with Crippen LogP contribution in [0.4, 0.5) is 0 Å². The molecule has 92 valence electrons. The summed E-state index contributed by atoms with van der Waals surface area (Å²) in [5.74, 6) is 0.678. The third-order valence-electron chi connectivity index (χ3n) is 2.34. The molecule has 0 saturated heterocycles. The number of hydrogen-bond donors (Lipinski definition) is 2. The predicted molar refractivity (Wildman–Crippen MR) is 71.6 cm³/mol. The molecule has 0 bridgehead atoms. The summed E-state index contributed by atoms with van der Waals surface area (Å²) < 4.78 is 0. The number of nitrogens with one attached hydrogen (secondary N) is 2. The molecule has 1 aromatic carbocycles. The van der Waals surface area contributed by atoms with E-state index in [4.69, 9.17) is 0 Å². The number of hydrogen-bond acceptors (Lipinski definition) is 3. The average Bonchev–Trinajstić information content (AvgIpc) is 2.26. The molecule has 1 heterocycles. The smallest absolute Gasteiger partial charge is 0.258 e. The summed E-state index contributed by atoms with van der Waals surface area (Å²) in [6.45, 7) is 4.69. The Balaban J connectivity index is 0.00000144. The van der Waals surface area contributed by atoms with Crippen LogP contribution in [0.2, 0.25) is 0 Å². The first kappa shape index (κ1) is 13.7. The summed E-state index contributed by atoms with van der Waals surface area (Å²) in [5, 5.41) is 3.86. The molecule has 2 aromatic rings. The second-order valence-electron chi connectivity index (χ2n) is 4.07. The van der Waals surface area contributed by atoms with Crippen LogP contribution in [0.25, 0.3) is 10.9 Å². The largest absolute Gasteiger partial charge is 0.309 e. The van der Waals surface area contributed by atoms with Crippen molar-refractivity contribution >= 4 is 23.3 Å². The summed E-state index contributed by atoms with van der Waals surface area (Å²) in [7, 11) is 0. The highest BCUT2D eigenvalue weighted by atomic mass is 35.5. The quantitative estimate of drug-likeness (QED) is 0.878. The van der Waals surface area contributed by atoms with Gasteiger partial charge in [-0.15, -0.1) is 12.4 Å². The van der Waals surface area contributed by atoms with Crippen molar-refractivity contribution in [3.05, 3.63) is 40.4 Å². The number of fused-ring (bicyclic) bond motifs is 1. The van der Waals surface area contributed by atoms with Gasteiger partial charge >= 0.3 is 0 Å². The fourth-order valence-corrected chi connectivity index (χ4v) is 1.52. The number of aromatic nitrogens is 2. The molecule has 0 fully saturated rings. The van der Waals surface area contributed by atoms with Gasteiger partial charge in [0.15, 0.2) is 0 Å². The Kier molecular flexibility index (Phi) is 4.66. The van der Waals surface area contributed by atoms with Gasteiger partial charge < -0.3 is 10.3 Å². The first-order chi connectivity index (χ1) is 7.66. The molecule has 0 atom stereocenters.